The molecule has 0 nitrogen and oxygen atoms in total. The van der Waals surface area contributed by atoms with Gasteiger partial charge in [-0.2, -0.15) is 0 Å². The fourth-order valence-electron chi connectivity index (χ4n) is 6.29. The molecule has 0 radical (unpaired) electrons. The van der Waals surface area contributed by atoms with Gasteiger partial charge in [0.25, 0.3) is 0 Å². The Labute approximate surface area is 244 Å². The lowest BCUT2D eigenvalue weighted by molar-refractivity contribution is 0.495. The SMILES string of the molecule is CCC(c1cc(C(C)(C)C)c(C(C)(C)C)c(C(C)(C)C)c1)c1cc(C(C)(C)C)c(C(C)(C)C)cc1C(C)(C)C. The first-order chi connectivity index (χ1) is 17.1. The maximum Gasteiger partial charge on any atom is 0.00899 e. The number of hydrogen-bond donors (Lipinski definition) is 0. The van der Waals surface area contributed by atoms with Gasteiger partial charge in [-0.25, -0.2) is 0 Å². The minimum atomic E-state index is 0.0598. The highest BCUT2D eigenvalue weighted by Gasteiger charge is 2.35. The average Bonchev–Trinajstić information content (AvgIpc) is 2.69. The van der Waals surface area contributed by atoms with E-state index in [2.05, 4.69) is 156 Å². The number of hydrogen-bond acceptors (Lipinski definition) is 0. The Balaban J connectivity index is 3.14. The largest absolute Gasteiger partial charge is 0.0645 e. The van der Waals surface area contributed by atoms with E-state index in [9.17, 15) is 0 Å². The van der Waals surface area contributed by atoms with Crippen molar-refractivity contribution < 1.29 is 0 Å². The zero-order valence-electron chi connectivity index (χ0n) is 29.6. The summed E-state index contributed by atoms with van der Waals surface area (Å²) in [6.45, 7) is 45.4. The molecule has 1 unspecified atom stereocenters. The summed E-state index contributed by atoms with van der Waals surface area (Å²) in [6, 6.07) is 10.4. The molecule has 0 N–H and O–H groups in total. The first-order valence-corrected chi connectivity index (χ1v) is 15.5. The fourth-order valence-corrected chi connectivity index (χ4v) is 6.29. The molecule has 0 aliphatic rings. The van der Waals surface area contributed by atoms with Crippen molar-refractivity contribution in [2.45, 2.75) is 176 Å². The molecule has 0 spiro atoms. The van der Waals surface area contributed by atoms with Crippen LogP contribution in [0.25, 0.3) is 0 Å². The predicted molar refractivity (Wildman–Crippen MR) is 177 cm³/mol. The summed E-state index contributed by atoms with van der Waals surface area (Å²) in [7, 11) is 0. The van der Waals surface area contributed by atoms with Crippen molar-refractivity contribution in [2.24, 2.45) is 0 Å². The van der Waals surface area contributed by atoms with Crippen molar-refractivity contribution in [1.29, 1.82) is 0 Å². The van der Waals surface area contributed by atoms with Gasteiger partial charge in [0.05, 0.1) is 0 Å². The highest BCUT2D eigenvalue weighted by molar-refractivity contribution is 5.55. The van der Waals surface area contributed by atoms with Gasteiger partial charge in [-0.05, 0) is 83.4 Å². The summed E-state index contributed by atoms with van der Waals surface area (Å²) in [5.74, 6) is 0.352. The second-order valence-corrected chi connectivity index (χ2v) is 18.4. The van der Waals surface area contributed by atoms with E-state index >= 15 is 0 Å². The fraction of sp³-hybridized carbons (Fsp3) is 0.692. The van der Waals surface area contributed by atoms with E-state index < -0.39 is 0 Å². The molecule has 0 saturated heterocycles. The normalized spacial score (nSPS) is 15.1. The van der Waals surface area contributed by atoms with Crippen LogP contribution in [0.2, 0.25) is 0 Å². The van der Waals surface area contributed by atoms with E-state index in [4.69, 9.17) is 0 Å². The molecule has 39 heavy (non-hydrogen) atoms. The van der Waals surface area contributed by atoms with Gasteiger partial charge in [0.1, 0.15) is 0 Å². The summed E-state index contributed by atoms with van der Waals surface area (Å²) in [5.41, 5.74) is 12.5. The van der Waals surface area contributed by atoms with Crippen molar-refractivity contribution in [1.82, 2.24) is 0 Å². The van der Waals surface area contributed by atoms with E-state index in [-0.39, 0.29) is 32.5 Å². The number of rotatable bonds is 3. The molecule has 0 amide bonds. The van der Waals surface area contributed by atoms with Crippen molar-refractivity contribution in [3.63, 3.8) is 0 Å². The monoisotopic (exact) mass is 533 g/mol. The lowest BCUT2D eigenvalue weighted by Gasteiger charge is -2.39. The van der Waals surface area contributed by atoms with Gasteiger partial charge in [0, 0.05) is 5.92 Å². The van der Waals surface area contributed by atoms with Crippen LogP contribution in [0.5, 0.6) is 0 Å². The quantitative estimate of drug-likeness (QED) is 0.369. The molecule has 0 aromatic heterocycles. The first-order valence-electron chi connectivity index (χ1n) is 15.5. The molecule has 0 saturated carbocycles. The Morgan fingerprint density at radius 2 is 0.744 bits per heavy atom. The molecular formula is C39H64. The summed E-state index contributed by atoms with van der Waals surface area (Å²) in [6.07, 6.45) is 1.09. The van der Waals surface area contributed by atoms with Gasteiger partial charge in [0.2, 0.25) is 0 Å². The summed E-state index contributed by atoms with van der Waals surface area (Å²) >= 11 is 0. The van der Waals surface area contributed by atoms with Crippen LogP contribution in [0.4, 0.5) is 0 Å². The van der Waals surface area contributed by atoms with E-state index in [1.54, 1.807) is 0 Å². The molecule has 0 bridgehead atoms. The van der Waals surface area contributed by atoms with Gasteiger partial charge in [-0.1, -0.05) is 156 Å². The van der Waals surface area contributed by atoms with Crippen LogP contribution < -0.4 is 0 Å². The smallest absolute Gasteiger partial charge is 0.00899 e. The second kappa shape index (κ2) is 10.4. The van der Waals surface area contributed by atoms with Crippen LogP contribution in [-0.4, -0.2) is 0 Å². The van der Waals surface area contributed by atoms with Gasteiger partial charge in [-0.3, -0.25) is 0 Å². The molecule has 2 rings (SSSR count). The van der Waals surface area contributed by atoms with Gasteiger partial charge in [-0.15, -0.1) is 0 Å². The van der Waals surface area contributed by atoms with E-state index in [0.717, 1.165) is 6.42 Å². The maximum absolute atomic E-state index is 2.61. The number of benzene rings is 2. The van der Waals surface area contributed by atoms with E-state index in [1.807, 2.05) is 0 Å². The Morgan fingerprint density at radius 1 is 0.410 bits per heavy atom. The van der Waals surface area contributed by atoms with Crippen LogP contribution in [0, 0.1) is 0 Å². The third kappa shape index (κ3) is 7.40. The van der Waals surface area contributed by atoms with Crippen molar-refractivity contribution in [3.8, 4) is 0 Å². The zero-order chi connectivity index (χ0) is 30.7. The van der Waals surface area contributed by atoms with Crippen molar-refractivity contribution in [2.75, 3.05) is 0 Å². The lowest BCUT2D eigenvalue weighted by Crippen LogP contribution is -2.29. The molecule has 2 aromatic carbocycles. The van der Waals surface area contributed by atoms with Crippen LogP contribution in [-0.2, 0) is 32.5 Å². The molecule has 1 atom stereocenters. The minimum absolute atomic E-state index is 0.0598. The third-order valence-electron chi connectivity index (χ3n) is 8.33. The molecule has 0 aliphatic carbocycles. The average molecular weight is 533 g/mol. The molecule has 2 aromatic rings. The minimum Gasteiger partial charge on any atom is -0.0645 e. The first kappa shape index (κ1) is 33.6. The molecule has 0 heteroatoms. The van der Waals surface area contributed by atoms with Crippen LogP contribution in [0.3, 0.4) is 0 Å². The van der Waals surface area contributed by atoms with Crippen molar-refractivity contribution in [3.05, 3.63) is 68.8 Å². The van der Waals surface area contributed by atoms with Crippen molar-refractivity contribution >= 4 is 0 Å². The van der Waals surface area contributed by atoms with Gasteiger partial charge in [0.15, 0.2) is 0 Å². The Hall–Kier alpha value is -1.56. The Bertz CT molecular complexity index is 1120. The molecule has 0 fully saturated rings. The Kier molecular flexibility index (Phi) is 8.94. The van der Waals surface area contributed by atoms with Crippen LogP contribution in [0.1, 0.15) is 188 Å². The second-order valence-electron chi connectivity index (χ2n) is 18.4. The summed E-state index contributed by atoms with van der Waals surface area (Å²) < 4.78 is 0. The van der Waals surface area contributed by atoms with Gasteiger partial charge >= 0.3 is 0 Å². The van der Waals surface area contributed by atoms with Gasteiger partial charge < -0.3 is 0 Å². The lowest BCUT2D eigenvalue weighted by atomic mass is 9.66. The van der Waals surface area contributed by atoms with E-state index in [0.29, 0.717) is 5.92 Å². The standard InChI is InChI=1S/C39H64/c1-20-26(25-21-31(37(11,12)13)33(39(17,18)19)32(22-25)38(14,15)16)27-23-29(35(5,6)7)30(36(8,9)10)24-28(27)34(2,3)4/h21-24,26H,20H2,1-19H3. The maximum atomic E-state index is 2.61. The summed E-state index contributed by atoms with van der Waals surface area (Å²) in [5, 5.41) is 0. The summed E-state index contributed by atoms with van der Waals surface area (Å²) in [4.78, 5) is 0. The van der Waals surface area contributed by atoms with Crippen LogP contribution in [0.15, 0.2) is 24.3 Å². The zero-order valence-corrected chi connectivity index (χ0v) is 29.6. The predicted octanol–water partition coefficient (Wildman–Crippen LogP) is 12.0. The topological polar surface area (TPSA) is 0 Å². The van der Waals surface area contributed by atoms with Crippen LogP contribution >= 0.6 is 0 Å². The highest BCUT2D eigenvalue weighted by Crippen LogP contribution is 2.47. The highest BCUT2D eigenvalue weighted by atomic mass is 14.4. The third-order valence-corrected chi connectivity index (χ3v) is 8.33. The molecular weight excluding hydrogens is 468 g/mol. The molecule has 0 aliphatic heterocycles. The Morgan fingerprint density at radius 3 is 1.03 bits per heavy atom. The van der Waals surface area contributed by atoms with E-state index in [1.165, 1.54) is 44.5 Å². The molecule has 0 heterocycles. The molecule has 220 valence electrons.